The van der Waals surface area contributed by atoms with Crippen molar-refractivity contribution in [3.8, 4) is 0 Å². The summed E-state index contributed by atoms with van der Waals surface area (Å²) in [5, 5.41) is 22.9. The lowest BCUT2D eigenvalue weighted by Gasteiger charge is -2.38. The fraction of sp³-hybridized carbons (Fsp3) is 0.368. The van der Waals surface area contributed by atoms with E-state index in [1.165, 1.54) is 6.33 Å². The smallest absolute Gasteiger partial charge is 0.256 e. The van der Waals surface area contributed by atoms with Gasteiger partial charge in [0.2, 0.25) is 0 Å². The highest BCUT2D eigenvalue weighted by atomic mass is 16.6. The second-order valence-electron chi connectivity index (χ2n) is 7.19. The Balaban J connectivity index is 1.46. The summed E-state index contributed by atoms with van der Waals surface area (Å²) in [4.78, 5) is 25.3. The van der Waals surface area contributed by atoms with Crippen molar-refractivity contribution in [1.29, 1.82) is 0 Å². The molecular formula is C19H19N5O5. The number of aliphatic hydroxyl groups excluding tert-OH is 2. The molecule has 4 atom stereocenters. The first-order valence-corrected chi connectivity index (χ1v) is 9.21. The number of nitrogens with zero attached hydrogens (tertiary/aromatic N) is 4. The van der Waals surface area contributed by atoms with Crippen LogP contribution in [0, 0.1) is 0 Å². The highest BCUT2D eigenvalue weighted by Gasteiger charge is 2.57. The predicted molar refractivity (Wildman–Crippen MR) is 100 cm³/mol. The SMILES string of the molecule is O=C(Nc1ncnc2c1ncn2[C@H]1COC2(CO)CO[C@H]1C2O)c1ccccc1. The summed E-state index contributed by atoms with van der Waals surface area (Å²) in [6.45, 7) is 0.0230. The lowest BCUT2D eigenvalue weighted by Crippen LogP contribution is -2.56. The van der Waals surface area contributed by atoms with E-state index in [1.807, 2.05) is 6.07 Å². The minimum Gasteiger partial charge on any atom is -0.393 e. The average Bonchev–Trinajstić information content (AvgIpc) is 3.26. The summed E-state index contributed by atoms with van der Waals surface area (Å²) in [6.07, 6.45) is 1.37. The van der Waals surface area contributed by atoms with E-state index in [-0.39, 0.29) is 37.6 Å². The molecule has 0 spiro atoms. The van der Waals surface area contributed by atoms with Crippen LogP contribution in [0.5, 0.6) is 0 Å². The molecule has 10 nitrogen and oxygen atoms in total. The number of nitrogens with one attached hydrogen (secondary N) is 1. The number of ether oxygens (including phenoxy) is 2. The van der Waals surface area contributed by atoms with Crippen LogP contribution < -0.4 is 5.32 Å². The van der Waals surface area contributed by atoms with Crippen molar-refractivity contribution < 1.29 is 24.5 Å². The van der Waals surface area contributed by atoms with E-state index < -0.39 is 17.8 Å². The molecule has 2 saturated heterocycles. The van der Waals surface area contributed by atoms with Gasteiger partial charge in [0, 0.05) is 5.56 Å². The molecule has 0 radical (unpaired) electrons. The van der Waals surface area contributed by atoms with Crippen LogP contribution in [0.25, 0.3) is 11.2 Å². The molecule has 150 valence electrons. The Morgan fingerprint density at radius 2 is 2.10 bits per heavy atom. The van der Waals surface area contributed by atoms with Crippen molar-refractivity contribution in [2.24, 2.45) is 0 Å². The average molecular weight is 397 g/mol. The molecule has 2 bridgehead atoms. The zero-order valence-corrected chi connectivity index (χ0v) is 15.3. The van der Waals surface area contributed by atoms with Gasteiger partial charge in [-0.05, 0) is 12.1 Å². The van der Waals surface area contributed by atoms with E-state index in [0.717, 1.165) is 0 Å². The number of benzene rings is 1. The Hall–Kier alpha value is -2.92. The van der Waals surface area contributed by atoms with Crippen molar-refractivity contribution in [2.75, 3.05) is 25.1 Å². The van der Waals surface area contributed by atoms with Gasteiger partial charge in [0.05, 0.1) is 32.2 Å². The van der Waals surface area contributed by atoms with Crippen molar-refractivity contribution in [3.05, 3.63) is 48.5 Å². The van der Waals surface area contributed by atoms with Gasteiger partial charge < -0.3 is 29.6 Å². The Bertz CT molecular complexity index is 1060. The number of hydrogen-bond donors (Lipinski definition) is 3. The number of aromatic nitrogens is 4. The van der Waals surface area contributed by atoms with E-state index in [4.69, 9.17) is 9.47 Å². The maximum Gasteiger partial charge on any atom is 0.256 e. The van der Waals surface area contributed by atoms with Gasteiger partial charge in [-0.3, -0.25) is 4.79 Å². The number of imidazole rings is 1. The summed E-state index contributed by atoms with van der Waals surface area (Å²) >= 11 is 0. The monoisotopic (exact) mass is 397 g/mol. The normalized spacial score (nSPS) is 28.6. The largest absolute Gasteiger partial charge is 0.393 e. The molecule has 10 heteroatoms. The van der Waals surface area contributed by atoms with Gasteiger partial charge in [-0.25, -0.2) is 15.0 Å². The fourth-order valence-electron chi connectivity index (χ4n) is 3.89. The first-order chi connectivity index (χ1) is 14.1. The van der Waals surface area contributed by atoms with Crippen molar-refractivity contribution >= 4 is 22.9 Å². The van der Waals surface area contributed by atoms with Crippen LogP contribution in [-0.2, 0) is 9.47 Å². The number of hydrogen-bond acceptors (Lipinski definition) is 8. The zero-order chi connectivity index (χ0) is 20.0. The van der Waals surface area contributed by atoms with Gasteiger partial charge in [-0.15, -0.1) is 0 Å². The lowest BCUT2D eigenvalue weighted by molar-refractivity contribution is -0.165. The number of amides is 1. The van der Waals surface area contributed by atoms with Gasteiger partial charge in [-0.2, -0.15) is 0 Å². The van der Waals surface area contributed by atoms with E-state index >= 15 is 0 Å². The van der Waals surface area contributed by atoms with Crippen LogP contribution >= 0.6 is 0 Å². The topological polar surface area (TPSA) is 132 Å². The Labute approximate surface area is 165 Å². The first kappa shape index (κ1) is 18.1. The van der Waals surface area contributed by atoms with Crippen LogP contribution in [-0.4, -0.2) is 73.3 Å². The van der Waals surface area contributed by atoms with Gasteiger partial charge in [-0.1, -0.05) is 18.2 Å². The Morgan fingerprint density at radius 3 is 2.90 bits per heavy atom. The first-order valence-electron chi connectivity index (χ1n) is 9.21. The van der Waals surface area contributed by atoms with E-state index in [1.54, 1.807) is 35.2 Å². The second kappa shape index (κ2) is 6.85. The maximum absolute atomic E-state index is 12.5. The number of fused-ring (bicyclic) bond motifs is 3. The molecule has 3 N–H and O–H groups in total. The highest BCUT2D eigenvalue weighted by Crippen LogP contribution is 2.40. The molecule has 4 heterocycles. The number of carbonyl (C=O) groups is 1. The van der Waals surface area contributed by atoms with E-state index in [0.29, 0.717) is 16.7 Å². The van der Waals surface area contributed by atoms with Crippen LogP contribution in [0.2, 0.25) is 0 Å². The standard InChI is InChI=1S/C19H19N5O5/c25-7-19-8-28-14(15(19)26)12(6-29-19)24-10-22-13-16(20-9-21-17(13)24)23-18(27)11-4-2-1-3-5-11/h1-5,9-10,12,14-15,25-26H,6-8H2,(H,20,21,23,27)/t12-,14+,15?,19?/m0/s1. The molecule has 1 amide bonds. The minimum absolute atomic E-state index is 0.117. The number of anilines is 1. The van der Waals surface area contributed by atoms with Crippen molar-refractivity contribution in [2.45, 2.75) is 23.9 Å². The second-order valence-corrected chi connectivity index (χ2v) is 7.19. The van der Waals surface area contributed by atoms with Gasteiger partial charge in [0.15, 0.2) is 17.0 Å². The molecule has 3 aromatic rings. The highest BCUT2D eigenvalue weighted by molar-refractivity contribution is 6.06. The Morgan fingerprint density at radius 1 is 1.28 bits per heavy atom. The molecule has 29 heavy (non-hydrogen) atoms. The molecule has 2 aliphatic heterocycles. The van der Waals surface area contributed by atoms with Gasteiger partial charge >= 0.3 is 0 Å². The molecule has 5 rings (SSSR count). The Kier molecular flexibility index (Phi) is 4.28. The van der Waals surface area contributed by atoms with Crippen LogP contribution in [0.1, 0.15) is 16.4 Å². The molecule has 0 aliphatic carbocycles. The molecule has 2 aromatic heterocycles. The fourth-order valence-corrected chi connectivity index (χ4v) is 3.89. The number of carbonyl (C=O) groups excluding carboxylic acids is 1. The van der Waals surface area contributed by atoms with Gasteiger partial charge in [0.25, 0.3) is 5.91 Å². The summed E-state index contributed by atoms with van der Waals surface area (Å²) < 4.78 is 13.2. The summed E-state index contributed by atoms with van der Waals surface area (Å²) in [6, 6.07) is 8.42. The summed E-state index contributed by atoms with van der Waals surface area (Å²) in [5.41, 5.74) is 0.322. The third-order valence-corrected chi connectivity index (χ3v) is 5.54. The summed E-state index contributed by atoms with van der Waals surface area (Å²) in [5.74, 6) is -0.0136. The van der Waals surface area contributed by atoms with Crippen LogP contribution in [0.15, 0.2) is 43.0 Å². The predicted octanol–water partition coefficient (Wildman–Crippen LogP) is 0.141. The third kappa shape index (κ3) is 2.80. The zero-order valence-electron chi connectivity index (χ0n) is 15.3. The van der Waals surface area contributed by atoms with Crippen LogP contribution in [0.4, 0.5) is 5.82 Å². The lowest BCUT2D eigenvalue weighted by atomic mass is 9.90. The number of aliphatic hydroxyl groups is 2. The summed E-state index contributed by atoms with van der Waals surface area (Å²) in [7, 11) is 0. The molecule has 2 aliphatic rings. The molecule has 2 unspecified atom stereocenters. The molecule has 2 fully saturated rings. The molecule has 0 saturated carbocycles. The van der Waals surface area contributed by atoms with Crippen molar-refractivity contribution in [1.82, 2.24) is 19.5 Å². The molecule has 1 aromatic carbocycles. The third-order valence-electron chi connectivity index (χ3n) is 5.54. The van der Waals surface area contributed by atoms with Crippen LogP contribution in [0.3, 0.4) is 0 Å². The molecular weight excluding hydrogens is 378 g/mol. The quantitative estimate of drug-likeness (QED) is 0.567. The minimum atomic E-state index is -1.08. The van der Waals surface area contributed by atoms with E-state index in [9.17, 15) is 15.0 Å². The van der Waals surface area contributed by atoms with Gasteiger partial charge in [0.1, 0.15) is 24.1 Å². The maximum atomic E-state index is 12.5. The number of rotatable bonds is 4. The van der Waals surface area contributed by atoms with E-state index in [2.05, 4.69) is 20.3 Å². The van der Waals surface area contributed by atoms with Crippen molar-refractivity contribution in [3.63, 3.8) is 0 Å².